The van der Waals surface area contributed by atoms with Crippen LogP contribution in [0.15, 0.2) is 4.52 Å². The number of hydrogen-bond donors (Lipinski definition) is 2. The van der Waals surface area contributed by atoms with Gasteiger partial charge in [0.1, 0.15) is 0 Å². The lowest BCUT2D eigenvalue weighted by Crippen LogP contribution is -2.37. The molecular formula is C14H23N5O4. The Morgan fingerprint density at radius 3 is 2.96 bits per heavy atom. The van der Waals surface area contributed by atoms with Gasteiger partial charge in [-0.2, -0.15) is 4.98 Å². The summed E-state index contributed by atoms with van der Waals surface area (Å²) in [5.74, 6) is -0.302. The molecule has 1 aromatic heterocycles. The maximum Gasteiger partial charge on any atom is 0.317 e. The minimum absolute atomic E-state index is 0.0540. The number of carbonyl (C=O) groups is 2. The minimum Gasteiger partial charge on any atom is -0.378 e. The molecule has 1 saturated heterocycles. The Morgan fingerprint density at radius 2 is 2.26 bits per heavy atom. The molecule has 0 aromatic carbocycles. The SMILES string of the molecule is CNC(=O)c1noc(CNC(=O)N(C)CCC[C@H]2CCCO2)n1. The summed E-state index contributed by atoms with van der Waals surface area (Å²) in [5.41, 5.74) is 0. The molecule has 1 aliphatic heterocycles. The van der Waals surface area contributed by atoms with Gasteiger partial charge in [-0.25, -0.2) is 4.79 Å². The van der Waals surface area contributed by atoms with Crippen LogP contribution < -0.4 is 10.6 Å². The second-order valence-electron chi connectivity index (χ2n) is 5.45. The molecule has 0 radical (unpaired) electrons. The number of ether oxygens (including phenoxy) is 1. The predicted molar refractivity (Wildman–Crippen MR) is 80.8 cm³/mol. The second-order valence-corrected chi connectivity index (χ2v) is 5.45. The fourth-order valence-electron chi connectivity index (χ4n) is 2.35. The first-order valence-corrected chi connectivity index (χ1v) is 7.75. The molecule has 2 rings (SSSR count). The maximum absolute atomic E-state index is 12.0. The molecule has 1 aliphatic rings. The van der Waals surface area contributed by atoms with Gasteiger partial charge in [0.05, 0.1) is 12.6 Å². The molecule has 0 saturated carbocycles. The van der Waals surface area contributed by atoms with Crippen molar-refractivity contribution in [2.24, 2.45) is 0 Å². The van der Waals surface area contributed by atoms with Gasteiger partial charge < -0.3 is 24.8 Å². The number of nitrogens with zero attached hydrogens (tertiary/aromatic N) is 3. The first kappa shape index (κ1) is 17.2. The Labute approximate surface area is 134 Å². The van der Waals surface area contributed by atoms with Gasteiger partial charge in [0, 0.05) is 27.2 Å². The van der Waals surface area contributed by atoms with E-state index in [-0.39, 0.29) is 24.3 Å². The van der Waals surface area contributed by atoms with Crippen LogP contribution in [0.4, 0.5) is 4.79 Å². The van der Waals surface area contributed by atoms with Gasteiger partial charge in [0.25, 0.3) is 11.7 Å². The number of aromatic nitrogens is 2. The molecule has 0 aliphatic carbocycles. The molecule has 9 heteroatoms. The Hall–Kier alpha value is -2.16. The molecule has 0 unspecified atom stereocenters. The number of amides is 3. The summed E-state index contributed by atoms with van der Waals surface area (Å²) in [7, 11) is 3.21. The van der Waals surface area contributed by atoms with E-state index in [1.807, 2.05) is 0 Å². The average Bonchev–Trinajstić information content (AvgIpc) is 3.23. The number of carbonyl (C=O) groups excluding carboxylic acids is 2. The highest BCUT2D eigenvalue weighted by Gasteiger charge is 2.17. The van der Waals surface area contributed by atoms with Crippen LogP contribution in [-0.2, 0) is 11.3 Å². The van der Waals surface area contributed by atoms with Crippen LogP contribution in [0.3, 0.4) is 0 Å². The average molecular weight is 325 g/mol. The van der Waals surface area contributed by atoms with Gasteiger partial charge in [0.2, 0.25) is 5.89 Å². The van der Waals surface area contributed by atoms with E-state index >= 15 is 0 Å². The lowest BCUT2D eigenvalue weighted by atomic mass is 10.1. The second kappa shape index (κ2) is 8.47. The van der Waals surface area contributed by atoms with Crippen molar-refractivity contribution >= 4 is 11.9 Å². The molecule has 23 heavy (non-hydrogen) atoms. The fraction of sp³-hybridized carbons (Fsp3) is 0.714. The van der Waals surface area contributed by atoms with Crippen LogP contribution >= 0.6 is 0 Å². The number of urea groups is 1. The Bertz CT molecular complexity index is 527. The van der Waals surface area contributed by atoms with Crippen molar-refractivity contribution in [2.45, 2.75) is 38.3 Å². The third-order valence-corrected chi connectivity index (χ3v) is 3.68. The van der Waals surface area contributed by atoms with Crippen LogP contribution in [-0.4, -0.2) is 60.3 Å². The number of rotatable bonds is 7. The van der Waals surface area contributed by atoms with E-state index < -0.39 is 5.91 Å². The van der Waals surface area contributed by atoms with Gasteiger partial charge >= 0.3 is 6.03 Å². The van der Waals surface area contributed by atoms with Crippen molar-refractivity contribution in [3.63, 3.8) is 0 Å². The summed E-state index contributed by atoms with van der Waals surface area (Å²) in [6.45, 7) is 1.58. The van der Waals surface area contributed by atoms with Crippen molar-refractivity contribution in [2.75, 3.05) is 27.2 Å². The van der Waals surface area contributed by atoms with E-state index in [9.17, 15) is 9.59 Å². The highest BCUT2D eigenvalue weighted by Crippen LogP contribution is 2.16. The molecule has 3 amide bonds. The molecular weight excluding hydrogens is 302 g/mol. The zero-order valence-corrected chi connectivity index (χ0v) is 13.5. The zero-order valence-electron chi connectivity index (χ0n) is 13.5. The molecule has 2 heterocycles. The van der Waals surface area contributed by atoms with Gasteiger partial charge in [-0.1, -0.05) is 5.16 Å². The standard InChI is InChI=1S/C14H23N5O4/c1-15-13(20)12-17-11(23-18-12)9-16-14(21)19(2)7-3-5-10-6-4-8-22-10/h10H,3-9H2,1-2H3,(H,15,20)(H,16,21)/t10-/m0/s1. The molecule has 1 aromatic rings. The quantitative estimate of drug-likeness (QED) is 0.757. The van der Waals surface area contributed by atoms with Crippen molar-refractivity contribution in [3.05, 3.63) is 11.7 Å². The fourth-order valence-corrected chi connectivity index (χ4v) is 2.35. The number of nitrogens with one attached hydrogen (secondary N) is 2. The van der Waals surface area contributed by atoms with E-state index in [0.29, 0.717) is 12.6 Å². The highest BCUT2D eigenvalue weighted by atomic mass is 16.5. The van der Waals surface area contributed by atoms with Crippen molar-refractivity contribution < 1.29 is 18.8 Å². The maximum atomic E-state index is 12.0. The Balaban J connectivity index is 1.66. The Morgan fingerprint density at radius 1 is 1.43 bits per heavy atom. The van der Waals surface area contributed by atoms with Gasteiger partial charge in [0.15, 0.2) is 0 Å². The summed E-state index contributed by atoms with van der Waals surface area (Å²) in [4.78, 5) is 28.7. The molecule has 9 nitrogen and oxygen atoms in total. The van der Waals surface area contributed by atoms with Crippen LogP contribution in [0.5, 0.6) is 0 Å². The smallest absolute Gasteiger partial charge is 0.317 e. The van der Waals surface area contributed by atoms with Gasteiger partial charge in [-0.3, -0.25) is 4.79 Å². The zero-order chi connectivity index (χ0) is 16.7. The summed E-state index contributed by atoms with van der Waals surface area (Å²) in [6, 6.07) is -0.225. The van der Waals surface area contributed by atoms with E-state index in [4.69, 9.17) is 9.26 Å². The lowest BCUT2D eigenvalue weighted by molar-refractivity contribution is 0.0949. The molecule has 0 spiro atoms. The van der Waals surface area contributed by atoms with Gasteiger partial charge in [-0.15, -0.1) is 0 Å². The van der Waals surface area contributed by atoms with Crippen molar-refractivity contribution in [3.8, 4) is 0 Å². The molecule has 1 fully saturated rings. The van der Waals surface area contributed by atoms with E-state index in [1.165, 1.54) is 7.05 Å². The van der Waals surface area contributed by atoms with Gasteiger partial charge in [-0.05, 0) is 25.7 Å². The summed E-state index contributed by atoms with van der Waals surface area (Å²) >= 11 is 0. The summed E-state index contributed by atoms with van der Waals surface area (Å²) < 4.78 is 10.4. The first-order valence-electron chi connectivity index (χ1n) is 7.75. The molecule has 2 N–H and O–H groups in total. The lowest BCUT2D eigenvalue weighted by Gasteiger charge is -2.18. The predicted octanol–water partition coefficient (Wildman–Crippen LogP) is 0.530. The summed E-state index contributed by atoms with van der Waals surface area (Å²) in [5, 5.41) is 8.60. The molecule has 1 atom stereocenters. The van der Waals surface area contributed by atoms with E-state index in [0.717, 1.165) is 32.3 Å². The third-order valence-electron chi connectivity index (χ3n) is 3.68. The molecule has 0 bridgehead atoms. The first-order chi connectivity index (χ1) is 11.1. The van der Waals surface area contributed by atoms with Crippen LogP contribution in [0.1, 0.15) is 42.2 Å². The van der Waals surface area contributed by atoms with Crippen LogP contribution in [0, 0.1) is 0 Å². The van der Waals surface area contributed by atoms with E-state index in [1.54, 1.807) is 11.9 Å². The summed E-state index contributed by atoms with van der Waals surface area (Å²) in [6.07, 6.45) is 4.45. The van der Waals surface area contributed by atoms with Crippen LogP contribution in [0.25, 0.3) is 0 Å². The van der Waals surface area contributed by atoms with E-state index in [2.05, 4.69) is 20.8 Å². The topological polar surface area (TPSA) is 110 Å². The number of hydrogen-bond acceptors (Lipinski definition) is 6. The third kappa shape index (κ3) is 5.20. The Kier molecular flexibility index (Phi) is 6.33. The van der Waals surface area contributed by atoms with Crippen molar-refractivity contribution in [1.29, 1.82) is 0 Å². The highest BCUT2D eigenvalue weighted by molar-refractivity contribution is 5.89. The molecule has 128 valence electrons. The minimum atomic E-state index is -0.433. The van der Waals surface area contributed by atoms with Crippen molar-refractivity contribution in [1.82, 2.24) is 25.7 Å². The largest absolute Gasteiger partial charge is 0.378 e. The monoisotopic (exact) mass is 325 g/mol. The van der Waals surface area contributed by atoms with Crippen LogP contribution in [0.2, 0.25) is 0 Å². The normalized spacial score (nSPS) is 17.0.